The molecule has 28 heavy (non-hydrogen) atoms. The third-order valence-electron chi connectivity index (χ3n) is 4.21. The van der Waals surface area contributed by atoms with E-state index in [4.69, 9.17) is 9.47 Å². The van der Waals surface area contributed by atoms with Crippen LogP contribution in [0.3, 0.4) is 0 Å². The number of benzene rings is 2. The first-order valence-corrected chi connectivity index (χ1v) is 9.97. The molecule has 1 aliphatic heterocycles. The number of anilines is 1. The van der Waals surface area contributed by atoms with E-state index in [0.717, 1.165) is 28.3 Å². The second-order valence-electron chi connectivity index (χ2n) is 6.04. The van der Waals surface area contributed by atoms with E-state index in [0.29, 0.717) is 16.7 Å². The van der Waals surface area contributed by atoms with Crippen LogP contribution in [0, 0.1) is 0 Å². The van der Waals surface area contributed by atoms with Crippen LogP contribution in [0.4, 0.5) is 5.69 Å². The molecule has 0 saturated heterocycles. The van der Waals surface area contributed by atoms with Crippen molar-refractivity contribution in [2.45, 2.75) is 18.3 Å². The van der Waals surface area contributed by atoms with Crippen molar-refractivity contribution >= 4 is 23.5 Å². The molecule has 1 aromatic heterocycles. The first-order chi connectivity index (χ1) is 13.8. The zero-order chi connectivity index (χ0) is 19.3. The van der Waals surface area contributed by atoms with Crippen molar-refractivity contribution in [2.75, 3.05) is 18.2 Å². The molecule has 2 heterocycles. The summed E-state index contributed by atoms with van der Waals surface area (Å²) in [5, 5.41) is 12.6. The highest BCUT2D eigenvalue weighted by Crippen LogP contribution is 2.36. The Morgan fingerprint density at radius 2 is 1.96 bits per heavy atom. The van der Waals surface area contributed by atoms with Crippen LogP contribution in [0.2, 0.25) is 0 Å². The molecule has 7 heteroatoms. The highest BCUT2D eigenvalue weighted by Gasteiger charge is 2.23. The van der Waals surface area contributed by atoms with E-state index in [1.54, 1.807) is 7.11 Å². The summed E-state index contributed by atoms with van der Waals surface area (Å²) in [4.78, 5) is 4.57. The second kappa shape index (κ2) is 8.31. The molecule has 0 unspecified atom stereocenters. The maximum atomic E-state index is 6.14. The monoisotopic (exact) mass is 392 g/mol. The Hall–Kier alpha value is -3.06. The Morgan fingerprint density at radius 3 is 2.75 bits per heavy atom. The number of hydrogen-bond acceptors (Lipinski definition) is 7. The summed E-state index contributed by atoms with van der Waals surface area (Å²) < 4.78 is 11.3. The number of thioether (sulfide) groups is 1. The third kappa shape index (κ3) is 3.94. The van der Waals surface area contributed by atoms with Crippen molar-refractivity contribution < 1.29 is 9.47 Å². The molecule has 0 fully saturated rings. The maximum absolute atomic E-state index is 6.14. The van der Waals surface area contributed by atoms with E-state index in [-0.39, 0.29) is 6.23 Å². The van der Waals surface area contributed by atoms with Crippen molar-refractivity contribution in [1.29, 1.82) is 0 Å². The van der Waals surface area contributed by atoms with E-state index in [1.807, 2.05) is 60.7 Å². The minimum absolute atomic E-state index is 0.388. The molecule has 142 valence electrons. The number of aromatic nitrogens is 3. The quantitative estimate of drug-likeness (QED) is 0.641. The number of ether oxygens (including phenoxy) is 2. The lowest BCUT2D eigenvalue weighted by atomic mass is 10.1. The molecule has 0 bridgehead atoms. The first kappa shape index (κ1) is 18.3. The van der Waals surface area contributed by atoms with Gasteiger partial charge in [-0.3, -0.25) is 0 Å². The lowest BCUT2D eigenvalue weighted by Crippen LogP contribution is -2.23. The van der Waals surface area contributed by atoms with Crippen molar-refractivity contribution in [2.24, 2.45) is 0 Å². The molecule has 0 radical (unpaired) electrons. The van der Waals surface area contributed by atoms with Gasteiger partial charge in [-0.05, 0) is 35.6 Å². The number of nitrogens with one attached hydrogen (secondary N) is 1. The fourth-order valence-electron chi connectivity index (χ4n) is 2.86. The van der Waals surface area contributed by atoms with Gasteiger partial charge in [-0.2, -0.15) is 4.98 Å². The number of fused-ring (bicyclic) bond motifs is 3. The number of methoxy groups -OCH3 is 1. The summed E-state index contributed by atoms with van der Waals surface area (Å²) in [6, 6.07) is 15.8. The van der Waals surface area contributed by atoms with Crippen LogP contribution in [0.25, 0.3) is 17.3 Å². The van der Waals surface area contributed by atoms with Gasteiger partial charge in [0, 0.05) is 11.3 Å². The van der Waals surface area contributed by atoms with Gasteiger partial charge in [0.25, 0.3) is 0 Å². The molecule has 3 aromatic rings. The minimum Gasteiger partial charge on any atom is -0.497 e. The molecule has 0 saturated carbocycles. The normalized spacial score (nSPS) is 15.1. The summed E-state index contributed by atoms with van der Waals surface area (Å²) in [5.41, 5.74) is 3.54. The third-order valence-corrected chi connectivity index (χ3v) is 4.93. The number of hydrogen-bond donors (Lipinski definition) is 1. The van der Waals surface area contributed by atoms with Gasteiger partial charge in [0.1, 0.15) is 5.75 Å². The lowest BCUT2D eigenvalue weighted by molar-refractivity contribution is 0.266. The summed E-state index contributed by atoms with van der Waals surface area (Å²) in [5.74, 6) is 2.18. The van der Waals surface area contributed by atoms with Gasteiger partial charge in [-0.25, -0.2) is 0 Å². The van der Waals surface area contributed by atoms with Gasteiger partial charge >= 0.3 is 0 Å². The Labute approximate surface area is 168 Å². The summed E-state index contributed by atoms with van der Waals surface area (Å²) >= 11 is 1.54. The van der Waals surface area contributed by atoms with Crippen LogP contribution in [0.15, 0.2) is 59.8 Å². The van der Waals surface area contributed by atoms with Crippen molar-refractivity contribution in [1.82, 2.24) is 15.2 Å². The fraction of sp³-hybridized carbons (Fsp3) is 0.190. The topological polar surface area (TPSA) is 69.2 Å². The minimum atomic E-state index is -0.388. The highest BCUT2D eigenvalue weighted by molar-refractivity contribution is 7.99. The standard InChI is InChI=1S/C21H20N4O2S/c1-3-28-21-23-20-19(24-25-21)16-6-4-5-7-17(16)22-18(27-20)13-10-14-8-11-15(26-2)12-9-14/h4-13,18,22H,3H2,1-2H3/t18-/m1/s1. The van der Waals surface area contributed by atoms with Gasteiger partial charge < -0.3 is 14.8 Å². The lowest BCUT2D eigenvalue weighted by Gasteiger charge is -2.15. The number of nitrogens with zero attached hydrogens (tertiary/aromatic N) is 3. The SMILES string of the molecule is CCSc1nnc2c(n1)O[C@H](C=Cc1ccc(OC)cc1)Nc1ccccc1-2. The molecule has 0 amide bonds. The highest BCUT2D eigenvalue weighted by atomic mass is 32.2. The van der Waals surface area contributed by atoms with Gasteiger partial charge in [0.05, 0.1) is 7.11 Å². The van der Waals surface area contributed by atoms with E-state index >= 15 is 0 Å². The van der Waals surface area contributed by atoms with Gasteiger partial charge in [0.15, 0.2) is 11.9 Å². The summed E-state index contributed by atoms with van der Waals surface area (Å²) in [6.07, 6.45) is 3.57. The molecule has 4 rings (SSSR count). The van der Waals surface area contributed by atoms with E-state index < -0.39 is 0 Å². The second-order valence-corrected chi connectivity index (χ2v) is 7.27. The van der Waals surface area contributed by atoms with Crippen LogP contribution >= 0.6 is 11.8 Å². The molecule has 0 spiro atoms. The molecule has 0 aliphatic carbocycles. The number of rotatable bonds is 5. The summed E-state index contributed by atoms with van der Waals surface area (Å²) in [7, 11) is 1.66. The molecular formula is C21H20N4O2S. The molecule has 6 nitrogen and oxygen atoms in total. The van der Waals surface area contributed by atoms with Crippen LogP contribution < -0.4 is 14.8 Å². The van der Waals surface area contributed by atoms with Crippen LogP contribution in [-0.4, -0.2) is 34.3 Å². The smallest absolute Gasteiger partial charge is 0.247 e. The number of para-hydroxylation sites is 1. The zero-order valence-electron chi connectivity index (χ0n) is 15.6. The van der Waals surface area contributed by atoms with Crippen LogP contribution in [0.1, 0.15) is 12.5 Å². The Bertz CT molecular complexity index is 992. The first-order valence-electron chi connectivity index (χ1n) is 8.99. The van der Waals surface area contributed by atoms with Crippen molar-refractivity contribution in [3.05, 3.63) is 60.2 Å². The van der Waals surface area contributed by atoms with Crippen molar-refractivity contribution in [3.63, 3.8) is 0 Å². The predicted octanol–water partition coefficient (Wildman–Crippen LogP) is 4.50. The molecular weight excluding hydrogens is 372 g/mol. The van der Waals surface area contributed by atoms with Crippen LogP contribution in [-0.2, 0) is 0 Å². The zero-order valence-corrected chi connectivity index (χ0v) is 16.4. The van der Waals surface area contributed by atoms with Gasteiger partial charge in [-0.1, -0.05) is 55.1 Å². The maximum Gasteiger partial charge on any atom is 0.247 e. The van der Waals surface area contributed by atoms with Crippen molar-refractivity contribution in [3.8, 4) is 22.9 Å². The Balaban J connectivity index is 1.66. The largest absolute Gasteiger partial charge is 0.497 e. The summed E-state index contributed by atoms with van der Waals surface area (Å²) in [6.45, 7) is 2.05. The van der Waals surface area contributed by atoms with E-state index in [2.05, 4.69) is 27.4 Å². The molecule has 1 aliphatic rings. The van der Waals surface area contributed by atoms with E-state index in [1.165, 1.54) is 11.8 Å². The molecule has 1 atom stereocenters. The van der Waals surface area contributed by atoms with Crippen LogP contribution in [0.5, 0.6) is 11.6 Å². The predicted molar refractivity (Wildman–Crippen MR) is 112 cm³/mol. The average molecular weight is 392 g/mol. The molecule has 2 aromatic carbocycles. The Morgan fingerprint density at radius 1 is 1.14 bits per heavy atom. The Kier molecular flexibility index (Phi) is 5.43. The van der Waals surface area contributed by atoms with Gasteiger partial charge in [0.2, 0.25) is 11.0 Å². The average Bonchev–Trinajstić information content (AvgIpc) is 2.89. The van der Waals surface area contributed by atoms with E-state index in [9.17, 15) is 0 Å². The molecule has 1 N–H and O–H groups in total. The fourth-order valence-corrected chi connectivity index (χ4v) is 3.36. The van der Waals surface area contributed by atoms with Gasteiger partial charge in [-0.15, -0.1) is 10.2 Å².